The van der Waals surface area contributed by atoms with Gasteiger partial charge in [-0.3, -0.25) is 0 Å². The average Bonchev–Trinajstić information content (AvgIpc) is 2.48. The smallest absolute Gasteiger partial charge is 0.181 e. The Kier molecular flexibility index (Phi) is 3.66. The van der Waals surface area contributed by atoms with Gasteiger partial charge in [0.05, 0.1) is 5.69 Å². The third-order valence-corrected chi connectivity index (χ3v) is 1.79. The summed E-state index contributed by atoms with van der Waals surface area (Å²) in [6.07, 6.45) is 1.45. The highest BCUT2D eigenvalue weighted by Crippen LogP contribution is 2.09. The lowest BCUT2D eigenvalue weighted by Gasteiger charge is -2.19. The summed E-state index contributed by atoms with van der Waals surface area (Å²) >= 11 is 0. The minimum Gasteiger partial charge on any atom is -0.446 e. The Morgan fingerprint density at radius 1 is 1.50 bits per heavy atom. The van der Waals surface area contributed by atoms with E-state index in [-0.39, 0.29) is 5.54 Å². The predicted octanol–water partition coefficient (Wildman–Crippen LogP) is 1.71. The molecule has 0 amide bonds. The van der Waals surface area contributed by atoms with Crippen molar-refractivity contribution in [1.82, 2.24) is 10.3 Å². The number of nitrogens with one attached hydrogen (secondary N) is 1. The number of nitrogens with zero attached hydrogens (tertiary/aromatic N) is 1. The van der Waals surface area contributed by atoms with Crippen LogP contribution in [-0.2, 0) is 17.9 Å². The molecule has 0 aliphatic heterocycles. The van der Waals surface area contributed by atoms with Crippen LogP contribution in [0.4, 0.5) is 0 Å². The number of hydrogen-bond acceptors (Lipinski definition) is 4. The highest BCUT2D eigenvalue weighted by atomic mass is 16.5. The van der Waals surface area contributed by atoms with E-state index >= 15 is 0 Å². The highest BCUT2D eigenvalue weighted by molar-refractivity contribution is 5.06. The van der Waals surface area contributed by atoms with Gasteiger partial charge in [0.15, 0.2) is 12.2 Å². The van der Waals surface area contributed by atoms with Crippen molar-refractivity contribution in [3.05, 3.63) is 17.8 Å². The molecule has 1 heterocycles. The van der Waals surface area contributed by atoms with Gasteiger partial charge in [0, 0.05) is 19.2 Å². The van der Waals surface area contributed by atoms with Crippen LogP contribution in [0.2, 0.25) is 0 Å². The molecular weight excluding hydrogens is 180 g/mol. The first kappa shape index (κ1) is 11.2. The number of oxazole rings is 1. The Labute approximate surface area is 84.7 Å². The van der Waals surface area contributed by atoms with Crippen molar-refractivity contribution >= 4 is 0 Å². The maximum Gasteiger partial charge on any atom is 0.181 e. The Balaban J connectivity index is 2.53. The monoisotopic (exact) mass is 198 g/mol. The minimum absolute atomic E-state index is 0.0866. The van der Waals surface area contributed by atoms with E-state index in [9.17, 15) is 0 Å². The summed E-state index contributed by atoms with van der Waals surface area (Å²) < 4.78 is 10.2. The number of aromatic nitrogens is 1. The van der Waals surface area contributed by atoms with Crippen LogP contribution < -0.4 is 5.32 Å². The van der Waals surface area contributed by atoms with E-state index in [0.29, 0.717) is 13.2 Å². The van der Waals surface area contributed by atoms with Gasteiger partial charge in [-0.1, -0.05) is 0 Å². The topological polar surface area (TPSA) is 47.3 Å². The third kappa shape index (κ3) is 3.47. The second-order valence-electron chi connectivity index (χ2n) is 4.26. The van der Waals surface area contributed by atoms with Crippen molar-refractivity contribution in [2.24, 2.45) is 0 Å². The molecule has 0 saturated heterocycles. The molecule has 0 fully saturated rings. The van der Waals surface area contributed by atoms with E-state index in [2.05, 4.69) is 31.1 Å². The molecule has 1 aromatic heterocycles. The Morgan fingerprint density at radius 3 is 2.79 bits per heavy atom. The molecule has 0 aliphatic carbocycles. The lowest BCUT2D eigenvalue weighted by atomic mass is 10.1. The van der Waals surface area contributed by atoms with E-state index in [1.54, 1.807) is 7.11 Å². The van der Waals surface area contributed by atoms with Crippen molar-refractivity contribution in [3.63, 3.8) is 0 Å². The van der Waals surface area contributed by atoms with Crippen LogP contribution in [0.3, 0.4) is 0 Å². The SMILES string of the molecule is COCc1ocnc1CNC(C)(C)C. The van der Waals surface area contributed by atoms with Gasteiger partial charge in [-0.25, -0.2) is 4.98 Å². The molecule has 0 radical (unpaired) electrons. The predicted molar refractivity (Wildman–Crippen MR) is 53.8 cm³/mol. The van der Waals surface area contributed by atoms with E-state index in [0.717, 1.165) is 11.5 Å². The van der Waals surface area contributed by atoms with E-state index in [4.69, 9.17) is 9.15 Å². The van der Waals surface area contributed by atoms with E-state index in [1.165, 1.54) is 6.39 Å². The molecule has 0 bridgehead atoms. The molecule has 80 valence electrons. The lowest BCUT2D eigenvalue weighted by Crippen LogP contribution is -2.35. The number of ether oxygens (including phenoxy) is 1. The highest BCUT2D eigenvalue weighted by Gasteiger charge is 2.12. The number of rotatable bonds is 4. The second kappa shape index (κ2) is 4.57. The molecule has 1 rings (SSSR count). The Hall–Kier alpha value is -0.870. The lowest BCUT2D eigenvalue weighted by molar-refractivity contribution is 0.163. The van der Waals surface area contributed by atoms with Crippen molar-refractivity contribution in [2.75, 3.05) is 7.11 Å². The molecule has 1 N–H and O–H groups in total. The van der Waals surface area contributed by atoms with Crippen LogP contribution in [0.25, 0.3) is 0 Å². The van der Waals surface area contributed by atoms with Crippen LogP contribution in [0.15, 0.2) is 10.8 Å². The maximum atomic E-state index is 5.19. The van der Waals surface area contributed by atoms with Crippen LogP contribution in [0, 0.1) is 0 Å². The normalized spacial score (nSPS) is 12.0. The van der Waals surface area contributed by atoms with Gasteiger partial charge in [0.1, 0.15) is 6.61 Å². The molecule has 0 saturated carbocycles. The molecule has 4 heteroatoms. The largest absolute Gasteiger partial charge is 0.446 e. The third-order valence-electron chi connectivity index (χ3n) is 1.79. The van der Waals surface area contributed by atoms with Crippen LogP contribution in [0.5, 0.6) is 0 Å². The summed E-state index contributed by atoms with van der Waals surface area (Å²) in [7, 11) is 1.64. The fourth-order valence-electron chi connectivity index (χ4n) is 1.04. The van der Waals surface area contributed by atoms with Gasteiger partial charge in [0.25, 0.3) is 0 Å². The molecule has 0 spiro atoms. The van der Waals surface area contributed by atoms with Crippen molar-refractivity contribution in [1.29, 1.82) is 0 Å². The average molecular weight is 198 g/mol. The molecule has 0 aromatic carbocycles. The van der Waals surface area contributed by atoms with Crippen molar-refractivity contribution in [2.45, 2.75) is 39.5 Å². The van der Waals surface area contributed by atoms with Gasteiger partial charge < -0.3 is 14.5 Å². The van der Waals surface area contributed by atoms with Gasteiger partial charge in [0.2, 0.25) is 0 Å². The zero-order chi connectivity index (χ0) is 10.6. The Bertz CT molecular complexity index is 276. The molecule has 14 heavy (non-hydrogen) atoms. The quantitative estimate of drug-likeness (QED) is 0.800. The minimum atomic E-state index is 0.0866. The summed E-state index contributed by atoms with van der Waals surface area (Å²) in [6, 6.07) is 0. The summed E-state index contributed by atoms with van der Waals surface area (Å²) in [6.45, 7) is 7.52. The first-order valence-electron chi connectivity index (χ1n) is 4.68. The van der Waals surface area contributed by atoms with Gasteiger partial charge in [-0.15, -0.1) is 0 Å². The van der Waals surface area contributed by atoms with E-state index in [1.807, 2.05) is 0 Å². The standard InChI is InChI=1S/C10H18N2O2/c1-10(2,3)12-5-8-9(6-13-4)14-7-11-8/h7,12H,5-6H2,1-4H3. The van der Waals surface area contributed by atoms with Gasteiger partial charge in [-0.2, -0.15) is 0 Å². The van der Waals surface area contributed by atoms with Crippen LogP contribution >= 0.6 is 0 Å². The summed E-state index contributed by atoms with van der Waals surface area (Å²) in [5, 5.41) is 3.35. The first-order valence-corrected chi connectivity index (χ1v) is 4.68. The molecule has 0 aliphatic rings. The molecule has 4 nitrogen and oxygen atoms in total. The fraction of sp³-hybridized carbons (Fsp3) is 0.700. The van der Waals surface area contributed by atoms with Gasteiger partial charge >= 0.3 is 0 Å². The maximum absolute atomic E-state index is 5.19. The first-order chi connectivity index (χ1) is 6.53. The fourth-order valence-corrected chi connectivity index (χ4v) is 1.04. The van der Waals surface area contributed by atoms with Crippen molar-refractivity contribution < 1.29 is 9.15 Å². The van der Waals surface area contributed by atoms with Crippen molar-refractivity contribution in [3.8, 4) is 0 Å². The molecular formula is C10H18N2O2. The Morgan fingerprint density at radius 2 is 2.21 bits per heavy atom. The summed E-state index contributed by atoms with van der Waals surface area (Å²) in [5.74, 6) is 0.796. The molecule has 1 aromatic rings. The summed E-state index contributed by atoms with van der Waals surface area (Å²) in [5.41, 5.74) is 1.00. The second-order valence-corrected chi connectivity index (χ2v) is 4.26. The zero-order valence-corrected chi connectivity index (χ0v) is 9.26. The molecule has 0 unspecified atom stereocenters. The zero-order valence-electron chi connectivity index (χ0n) is 9.26. The van der Waals surface area contributed by atoms with Crippen LogP contribution in [0.1, 0.15) is 32.2 Å². The number of methoxy groups -OCH3 is 1. The van der Waals surface area contributed by atoms with Gasteiger partial charge in [-0.05, 0) is 20.8 Å². The number of hydrogen-bond donors (Lipinski definition) is 1. The van der Waals surface area contributed by atoms with E-state index < -0.39 is 0 Å². The van der Waals surface area contributed by atoms with Crippen LogP contribution in [-0.4, -0.2) is 17.6 Å². The summed E-state index contributed by atoms with van der Waals surface area (Å²) in [4.78, 5) is 4.13. The molecule has 0 atom stereocenters.